The normalized spacial score (nSPS) is 21.6. The van der Waals surface area contributed by atoms with Gasteiger partial charge in [-0.1, -0.05) is 12.2 Å². The fourth-order valence-electron chi connectivity index (χ4n) is 5.84. The molecule has 3 atom stereocenters. The van der Waals surface area contributed by atoms with Crippen molar-refractivity contribution in [3.8, 4) is 0 Å². The largest absolute Gasteiger partial charge is 0.495 e. The monoisotopic (exact) mass is 620 g/mol. The van der Waals surface area contributed by atoms with Crippen molar-refractivity contribution in [1.82, 2.24) is 36.2 Å². The predicted molar refractivity (Wildman–Crippen MR) is 172 cm³/mol. The first kappa shape index (κ1) is 32.4. The summed E-state index contributed by atoms with van der Waals surface area (Å²) in [4.78, 5) is 23.4. The van der Waals surface area contributed by atoms with Crippen molar-refractivity contribution in [3.05, 3.63) is 83.7 Å². The van der Waals surface area contributed by atoms with Gasteiger partial charge in [0, 0.05) is 62.1 Å². The van der Waals surface area contributed by atoms with E-state index < -0.39 is 12.2 Å². The quantitative estimate of drug-likeness (QED) is 0.176. The summed E-state index contributed by atoms with van der Waals surface area (Å²) in [6.45, 7) is 5.57. The number of Topliss-reactive ketones (excluding diaryl/α,β-unsaturated/α-hetero) is 1. The minimum absolute atomic E-state index is 0.0196. The van der Waals surface area contributed by atoms with E-state index in [2.05, 4.69) is 48.3 Å². The summed E-state index contributed by atoms with van der Waals surface area (Å²) >= 11 is 0. The number of hydrogen-bond donors (Lipinski definition) is 5. The van der Waals surface area contributed by atoms with Crippen molar-refractivity contribution in [2.24, 2.45) is 4.99 Å². The van der Waals surface area contributed by atoms with Crippen LogP contribution in [0.15, 0.2) is 83.1 Å². The summed E-state index contributed by atoms with van der Waals surface area (Å²) in [5.74, 6) is 1.37. The number of halogens is 1. The number of dihydropyridines is 2. The maximum absolute atomic E-state index is 13.6. The number of ether oxygens (including phenoxy) is 1. The number of nitrogens with zero attached hydrogens (tertiary/aromatic N) is 4. The summed E-state index contributed by atoms with van der Waals surface area (Å²) < 4.78 is 19.5. The fraction of sp³-hybridized carbons (Fsp3) is 0.485. The predicted octanol–water partition coefficient (Wildman–Crippen LogP) is 3.33. The number of aromatic nitrogens is 1. The third-order valence-electron chi connectivity index (χ3n) is 8.36. The smallest absolute Gasteiger partial charge is 0.146 e. The number of hydrogen-bond acceptors (Lipinski definition) is 11. The van der Waals surface area contributed by atoms with E-state index in [4.69, 9.17) is 4.74 Å². The van der Waals surface area contributed by atoms with Crippen molar-refractivity contribution in [3.63, 3.8) is 0 Å². The number of hydroxylamine groups is 2. The average Bonchev–Trinajstić information content (AvgIpc) is 3.05. The lowest BCUT2D eigenvalue weighted by Gasteiger charge is -2.33. The molecule has 0 radical (unpaired) electrons. The van der Waals surface area contributed by atoms with Gasteiger partial charge in [-0.05, 0) is 69.7 Å². The molecular weight excluding hydrogens is 575 g/mol. The minimum Gasteiger partial charge on any atom is -0.495 e. The fourth-order valence-corrected chi connectivity index (χ4v) is 5.84. The molecule has 0 saturated heterocycles. The van der Waals surface area contributed by atoms with Gasteiger partial charge in [0.05, 0.1) is 24.5 Å². The van der Waals surface area contributed by atoms with Crippen molar-refractivity contribution in [2.75, 3.05) is 39.3 Å². The Bertz CT molecular complexity index is 1340. The number of rotatable bonds is 16. The third-order valence-corrected chi connectivity index (χ3v) is 8.36. The van der Waals surface area contributed by atoms with Gasteiger partial charge in [-0.2, -0.15) is 0 Å². The summed E-state index contributed by atoms with van der Waals surface area (Å²) in [7, 11) is 0. The van der Waals surface area contributed by atoms with Gasteiger partial charge in [-0.3, -0.25) is 30.2 Å². The summed E-state index contributed by atoms with van der Waals surface area (Å²) in [5, 5.41) is 25.3. The van der Waals surface area contributed by atoms with Gasteiger partial charge in [0.25, 0.3) is 0 Å². The number of pyridine rings is 1. The van der Waals surface area contributed by atoms with E-state index in [0.29, 0.717) is 50.2 Å². The highest BCUT2D eigenvalue weighted by molar-refractivity contribution is 5.82. The van der Waals surface area contributed by atoms with Crippen LogP contribution in [0.2, 0.25) is 0 Å². The number of ketones is 1. The molecule has 5 heterocycles. The molecule has 2 unspecified atom stereocenters. The van der Waals surface area contributed by atoms with Crippen LogP contribution in [0, 0.1) is 0 Å². The summed E-state index contributed by atoms with van der Waals surface area (Å²) in [6.07, 6.45) is 19.0. The van der Waals surface area contributed by atoms with E-state index in [1.54, 1.807) is 43.9 Å². The zero-order valence-electron chi connectivity index (χ0n) is 25.9. The van der Waals surface area contributed by atoms with Gasteiger partial charge in [-0.15, -0.1) is 0 Å². The topological polar surface area (TPSA) is 126 Å². The second-order valence-electron chi connectivity index (χ2n) is 11.7. The molecule has 1 aromatic heterocycles. The zero-order valence-corrected chi connectivity index (χ0v) is 25.9. The second-order valence-corrected chi connectivity index (χ2v) is 11.7. The zero-order chi connectivity index (χ0) is 31.4. The Kier molecular flexibility index (Phi) is 11.8. The molecule has 0 aromatic carbocycles. The molecule has 242 valence electrons. The molecule has 11 nitrogen and oxygen atoms in total. The van der Waals surface area contributed by atoms with Gasteiger partial charge >= 0.3 is 0 Å². The standard InChI is InChI=1S/C33H45FN8O3/c1-24(43)30(40-32-23-37-22-31(42(32)44)25-9-13-35-14-10-25)11-16-41(17-18-45-29-19-27(34)20-36-21-29)15-3-2-6-28-8-7-26-5-4-12-38-33(26)39-28/h7-10,13-14,19-20,22-23,28,30,32,36,38-40,44H,2-6,11-12,15-18,21H2,1H3/t28?,30-,32?/m0/s1. The first-order chi connectivity index (χ1) is 22.0. The van der Waals surface area contributed by atoms with Crippen LogP contribution in [-0.4, -0.2) is 89.7 Å². The first-order valence-corrected chi connectivity index (χ1v) is 15.9. The molecule has 4 aliphatic heterocycles. The molecule has 0 amide bonds. The molecule has 5 N–H and O–H groups in total. The Morgan fingerprint density at radius 1 is 1.27 bits per heavy atom. The van der Waals surface area contributed by atoms with Crippen LogP contribution in [0.25, 0.3) is 5.70 Å². The highest BCUT2D eigenvalue weighted by Crippen LogP contribution is 2.22. The van der Waals surface area contributed by atoms with Crippen LogP contribution < -0.4 is 21.3 Å². The van der Waals surface area contributed by atoms with Gasteiger partial charge < -0.3 is 20.7 Å². The number of unbranched alkanes of at least 4 members (excludes halogenated alkanes) is 1. The van der Waals surface area contributed by atoms with Crippen molar-refractivity contribution in [2.45, 2.75) is 63.7 Å². The average molecular weight is 621 g/mol. The summed E-state index contributed by atoms with van der Waals surface area (Å²) in [5.41, 5.74) is 2.65. The maximum atomic E-state index is 13.6. The lowest BCUT2D eigenvalue weighted by atomic mass is 9.99. The van der Waals surface area contributed by atoms with Crippen molar-refractivity contribution >= 4 is 17.7 Å². The van der Waals surface area contributed by atoms with E-state index in [-0.39, 0.29) is 11.6 Å². The Labute approximate surface area is 264 Å². The SMILES string of the molecule is CC(=O)[C@H](CCN(CCCCC1C=CC2=C(NCCC2)N1)CCOC1=CC(F)=CNC1)NC1C=NC=C(c2ccncc2)N1O. The number of carbonyl (C=O) groups excluding carboxylic acids is 1. The Balaban J connectivity index is 1.13. The number of aliphatic imine (C=N–C) groups is 1. The Morgan fingerprint density at radius 3 is 2.96 bits per heavy atom. The van der Waals surface area contributed by atoms with E-state index in [9.17, 15) is 14.4 Å². The molecule has 0 spiro atoms. The first-order valence-electron chi connectivity index (χ1n) is 15.9. The Morgan fingerprint density at radius 2 is 2.13 bits per heavy atom. The molecule has 0 bridgehead atoms. The van der Waals surface area contributed by atoms with Crippen LogP contribution in [-0.2, 0) is 9.53 Å². The van der Waals surface area contributed by atoms with Crippen LogP contribution in [0.5, 0.6) is 0 Å². The number of allylic oxidation sites excluding steroid dienone is 4. The van der Waals surface area contributed by atoms with Crippen molar-refractivity contribution < 1.29 is 19.1 Å². The molecule has 0 saturated carbocycles. The van der Waals surface area contributed by atoms with Crippen LogP contribution in [0.3, 0.4) is 0 Å². The van der Waals surface area contributed by atoms with E-state index in [1.807, 2.05) is 0 Å². The third kappa shape index (κ3) is 9.49. The lowest BCUT2D eigenvalue weighted by molar-refractivity contribution is -0.120. The van der Waals surface area contributed by atoms with E-state index in [1.165, 1.54) is 30.1 Å². The molecule has 4 aliphatic rings. The van der Waals surface area contributed by atoms with Crippen molar-refractivity contribution in [1.29, 1.82) is 0 Å². The van der Waals surface area contributed by atoms with E-state index in [0.717, 1.165) is 49.4 Å². The molecule has 1 aromatic rings. The molecule has 12 heteroatoms. The van der Waals surface area contributed by atoms with Gasteiger partial charge in [0.2, 0.25) is 0 Å². The number of nitrogens with one attached hydrogen (secondary N) is 4. The maximum Gasteiger partial charge on any atom is 0.146 e. The van der Waals surface area contributed by atoms with Gasteiger partial charge in [0.1, 0.15) is 36.0 Å². The molecule has 0 aliphatic carbocycles. The molecule has 0 fully saturated rings. The highest BCUT2D eigenvalue weighted by Gasteiger charge is 2.27. The van der Waals surface area contributed by atoms with Crippen LogP contribution >= 0.6 is 0 Å². The molecular formula is C33H45FN8O3. The number of carbonyl (C=O) groups is 1. The van der Waals surface area contributed by atoms with Crippen LogP contribution in [0.1, 0.15) is 51.0 Å². The molecule has 45 heavy (non-hydrogen) atoms. The minimum atomic E-state index is -0.664. The van der Waals surface area contributed by atoms with Crippen LogP contribution in [0.4, 0.5) is 4.39 Å². The van der Waals surface area contributed by atoms with E-state index >= 15 is 0 Å². The van der Waals surface area contributed by atoms with Gasteiger partial charge in [0.15, 0.2) is 0 Å². The second kappa shape index (κ2) is 16.4. The lowest BCUT2D eigenvalue weighted by Crippen LogP contribution is -2.52. The summed E-state index contributed by atoms with van der Waals surface area (Å²) in [6, 6.07) is 3.40. The van der Waals surface area contributed by atoms with Gasteiger partial charge in [-0.25, -0.2) is 9.45 Å². The molecule has 5 rings (SSSR count). The highest BCUT2D eigenvalue weighted by atomic mass is 19.1. The Hall–Kier alpha value is -4.00.